The van der Waals surface area contributed by atoms with Crippen LogP contribution >= 0.6 is 11.6 Å². The Morgan fingerprint density at radius 1 is 1.53 bits per heavy atom. The Morgan fingerprint density at radius 2 is 2.21 bits per heavy atom. The van der Waals surface area contributed by atoms with E-state index in [-0.39, 0.29) is 16.5 Å². The molecule has 0 amide bonds. The molecule has 0 aliphatic heterocycles. The third-order valence-corrected chi connectivity index (χ3v) is 5.09. The summed E-state index contributed by atoms with van der Waals surface area (Å²) < 4.78 is 31.9. The molecule has 0 radical (unpaired) electrons. The first kappa shape index (κ1) is 14.5. The summed E-state index contributed by atoms with van der Waals surface area (Å²) in [5.74, 6) is 0. The average molecular weight is 307 g/mol. The van der Waals surface area contributed by atoms with E-state index in [1.165, 1.54) is 0 Å². The minimum absolute atomic E-state index is 0.0670. The van der Waals surface area contributed by atoms with Crippen molar-refractivity contribution in [1.82, 2.24) is 9.71 Å². The highest BCUT2D eigenvalue weighted by molar-refractivity contribution is 7.89. The van der Waals surface area contributed by atoms with Crippen molar-refractivity contribution in [3.05, 3.63) is 27.6 Å². The van der Waals surface area contributed by atoms with E-state index >= 15 is 0 Å². The molecule has 1 heterocycles. The van der Waals surface area contributed by atoms with Crippen molar-refractivity contribution in [2.75, 3.05) is 13.7 Å². The fourth-order valence-corrected chi connectivity index (χ4v) is 3.27. The normalized spacial score (nSPS) is 18.0. The Labute approximate surface area is 116 Å². The largest absolute Gasteiger partial charge is 0.377 e. The minimum Gasteiger partial charge on any atom is -0.377 e. The number of nitrogens with one attached hydrogen (secondary N) is 2. The van der Waals surface area contributed by atoms with Crippen LogP contribution in [0, 0.1) is 0 Å². The van der Waals surface area contributed by atoms with Crippen LogP contribution in [0.25, 0.3) is 0 Å². The number of hydrogen-bond donors (Lipinski definition) is 2. The zero-order valence-corrected chi connectivity index (χ0v) is 12.0. The van der Waals surface area contributed by atoms with Gasteiger partial charge in [-0.05, 0) is 25.3 Å². The van der Waals surface area contributed by atoms with E-state index in [1.807, 2.05) is 0 Å². The van der Waals surface area contributed by atoms with Gasteiger partial charge in [0.1, 0.15) is 5.02 Å². The second-order valence-electron chi connectivity index (χ2n) is 4.58. The zero-order valence-electron chi connectivity index (χ0n) is 10.4. The van der Waals surface area contributed by atoms with Crippen LogP contribution in [-0.4, -0.2) is 32.7 Å². The molecule has 0 atom stereocenters. The summed E-state index contributed by atoms with van der Waals surface area (Å²) in [5, 5.41) is -0.159. The van der Waals surface area contributed by atoms with Crippen LogP contribution < -0.4 is 10.3 Å². The number of methoxy groups -OCH3 is 1. The first-order valence-corrected chi connectivity index (χ1v) is 7.68. The molecule has 0 saturated heterocycles. The highest BCUT2D eigenvalue weighted by Gasteiger charge is 2.38. The molecule has 2 N–H and O–H groups in total. The first-order valence-electron chi connectivity index (χ1n) is 5.82. The SMILES string of the molecule is COC1(CNS(=O)(=O)c2c[nH]c(=O)c(Cl)c2)CCC1. The van der Waals surface area contributed by atoms with E-state index in [2.05, 4.69) is 9.71 Å². The lowest BCUT2D eigenvalue weighted by atomic mass is 9.80. The average Bonchev–Trinajstić information content (AvgIpc) is 2.31. The van der Waals surface area contributed by atoms with Gasteiger partial charge in [-0.2, -0.15) is 0 Å². The summed E-state index contributed by atoms with van der Waals surface area (Å²) in [7, 11) is -2.13. The predicted molar refractivity (Wildman–Crippen MR) is 70.9 cm³/mol. The van der Waals surface area contributed by atoms with Crippen LogP contribution in [0.5, 0.6) is 0 Å². The Bertz CT molecular complexity index is 616. The smallest absolute Gasteiger partial charge is 0.266 e. The molecule has 1 aliphatic rings. The van der Waals surface area contributed by atoms with E-state index < -0.39 is 21.2 Å². The fourth-order valence-electron chi connectivity index (χ4n) is 1.93. The lowest BCUT2D eigenvalue weighted by Gasteiger charge is -2.40. The summed E-state index contributed by atoms with van der Waals surface area (Å²) in [6, 6.07) is 1.13. The number of aromatic amines is 1. The quantitative estimate of drug-likeness (QED) is 0.845. The molecule has 1 aliphatic carbocycles. The number of ether oxygens (including phenoxy) is 1. The lowest BCUT2D eigenvalue weighted by molar-refractivity contribution is -0.0659. The van der Waals surface area contributed by atoms with Crippen molar-refractivity contribution in [2.24, 2.45) is 0 Å². The maximum atomic E-state index is 12.1. The van der Waals surface area contributed by atoms with Crippen molar-refractivity contribution in [2.45, 2.75) is 29.8 Å². The molecule has 1 saturated carbocycles. The van der Waals surface area contributed by atoms with E-state index in [9.17, 15) is 13.2 Å². The second-order valence-corrected chi connectivity index (χ2v) is 6.75. The standard InChI is InChI=1S/C11H15ClN2O4S/c1-18-11(3-2-4-11)7-14-19(16,17)8-5-9(12)10(15)13-6-8/h5-6,14H,2-4,7H2,1H3,(H,13,15). The van der Waals surface area contributed by atoms with Gasteiger partial charge in [-0.3, -0.25) is 4.79 Å². The summed E-state index contributed by atoms with van der Waals surface area (Å²) in [5.41, 5.74) is -0.924. The maximum Gasteiger partial charge on any atom is 0.266 e. The Morgan fingerprint density at radius 3 is 2.68 bits per heavy atom. The van der Waals surface area contributed by atoms with Crippen molar-refractivity contribution in [3.8, 4) is 0 Å². The van der Waals surface area contributed by atoms with Crippen LogP contribution in [0.3, 0.4) is 0 Å². The van der Waals surface area contributed by atoms with Crippen molar-refractivity contribution in [3.63, 3.8) is 0 Å². The molecule has 0 unspecified atom stereocenters. The predicted octanol–water partition coefficient (Wildman–Crippen LogP) is 0.876. The van der Waals surface area contributed by atoms with Gasteiger partial charge in [-0.1, -0.05) is 11.6 Å². The van der Waals surface area contributed by atoms with Gasteiger partial charge in [0, 0.05) is 19.9 Å². The Hall–Kier alpha value is -0.890. The second kappa shape index (κ2) is 5.24. The van der Waals surface area contributed by atoms with Gasteiger partial charge in [-0.15, -0.1) is 0 Å². The molecule has 1 aromatic rings. The minimum atomic E-state index is -3.70. The third-order valence-electron chi connectivity index (χ3n) is 3.42. The highest BCUT2D eigenvalue weighted by Crippen LogP contribution is 2.34. The number of H-pyrrole nitrogens is 1. The number of sulfonamides is 1. The van der Waals surface area contributed by atoms with Gasteiger partial charge in [0.05, 0.1) is 10.5 Å². The fraction of sp³-hybridized carbons (Fsp3) is 0.545. The van der Waals surface area contributed by atoms with Gasteiger partial charge in [0.25, 0.3) is 5.56 Å². The summed E-state index contributed by atoms with van der Waals surface area (Å²) >= 11 is 5.62. The monoisotopic (exact) mass is 306 g/mol. The van der Waals surface area contributed by atoms with Crippen LogP contribution in [0.4, 0.5) is 0 Å². The van der Waals surface area contributed by atoms with Crippen molar-refractivity contribution in [1.29, 1.82) is 0 Å². The van der Waals surface area contributed by atoms with Crippen LogP contribution in [-0.2, 0) is 14.8 Å². The number of aromatic nitrogens is 1. The number of hydrogen-bond acceptors (Lipinski definition) is 4. The molecule has 6 nitrogen and oxygen atoms in total. The van der Waals surface area contributed by atoms with Gasteiger partial charge in [0.15, 0.2) is 0 Å². The molecule has 0 spiro atoms. The summed E-state index contributed by atoms with van der Waals surface area (Å²) in [6.07, 6.45) is 3.81. The van der Waals surface area contributed by atoms with E-state index in [1.54, 1.807) is 7.11 Å². The van der Waals surface area contributed by atoms with Crippen molar-refractivity contribution >= 4 is 21.6 Å². The topological polar surface area (TPSA) is 88.3 Å². The Balaban J connectivity index is 2.14. The molecule has 1 fully saturated rings. The van der Waals surface area contributed by atoms with Gasteiger partial charge in [-0.25, -0.2) is 13.1 Å². The molecular formula is C11H15ClN2O4S. The molecule has 0 aromatic carbocycles. The van der Waals surface area contributed by atoms with Crippen molar-refractivity contribution < 1.29 is 13.2 Å². The van der Waals surface area contributed by atoms with E-state index in [0.29, 0.717) is 0 Å². The molecular weight excluding hydrogens is 292 g/mol. The molecule has 2 rings (SSSR count). The summed E-state index contributed by atoms with van der Waals surface area (Å²) in [6.45, 7) is 0.211. The third kappa shape index (κ3) is 3.00. The first-order chi connectivity index (χ1) is 8.88. The van der Waals surface area contributed by atoms with Gasteiger partial charge < -0.3 is 9.72 Å². The number of halogens is 1. The zero-order chi connectivity index (χ0) is 14.1. The van der Waals surface area contributed by atoms with Gasteiger partial charge >= 0.3 is 0 Å². The molecule has 8 heteroatoms. The lowest BCUT2D eigenvalue weighted by Crippen LogP contribution is -2.49. The van der Waals surface area contributed by atoms with Crippen LogP contribution in [0.15, 0.2) is 22.0 Å². The highest BCUT2D eigenvalue weighted by atomic mass is 35.5. The van der Waals surface area contributed by atoms with Crippen LogP contribution in [0.1, 0.15) is 19.3 Å². The van der Waals surface area contributed by atoms with Crippen LogP contribution in [0.2, 0.25) is 5.02 Å². The molecule has 1 aromatic heterocycles. The molecule has 0 bridgehead atoms. The van der Waals surface area contributed by atoms with Gasteiger partial charge in [0.2, 0.25) is 10.0 Å². The Kier molecular flexibility index (Phi) is 4.00. The van der Waals surface area contributed by atoms with E-state index in [0.717, 1.165) is 31.5 Å². The summed E-state index contributed by atoms with van der Waals surface area (Å²) in [4.78, 5) is 13.3. The maximum absolute atomic E-state index is 12.1. The molecule has 19 heavy (non-hydrogen) atoms. The number of rotatable bonds is 5. The number of pyridine rings is 1. The molecule has 106 valence electrons. The van der Waals surface area contributed by atoms with E-state index in [4.69, 9.17) is 16.3 Å².